The Bertz CT molecular complexity index is 507. The average Bonchev–Trinajstić information content (AvgIpc) is 2.26. The van der Waals surface area contributed by atoms with Crippen LogP contribution < -0.4 is 5.73 Å². The summed E-state index contributed by atoms with van der Waals surface area (Å²) in [6.45, 7) is 5.11. The molecule has 0 bridgehead atoms. The molecule has 110 valence electrons. The molecule has 3 N–H and O–H groups in total. The second kappa shape index (κ2) is 5.93. The van der Waals surface area contributed by atoms with Crippen LogP contribution in [0.1, 0.15) is 32.8 Å². The number of carbonyl (C=O) groups is 2. The van der Waals surface area contributed by atoms with Crippen LogP contribution in [-0.2, 0) is 19.9 Å². The van der Waals surface area contributed by atoms with E-state index in [0.29, 0.717) is 5.56 Å². The number of benzene rings is 1. The Morgan fingerprint density at radius 2 is 1.75 bits per heavy atom. The zero-order valence-corrected chi connectivity index (χ0v) is 13.2. The minimum absolute atomic E-state index is 0.400. The number of halogens is 1. The van der Waals surface area contributed by atoms with Gasteiger partial charge < -0.3 is 15.6 Å². The van der Waals surface area contributed by atoms with Crippen molar-refractivity contribution in [2.75, 3.05) is 0 Å². The number of carbonyl (C=O) groups excluding carboxylic acids is 1. The largest absolute Gasteiger partial charge is 0.481 e. The third-order valence-electron chi connectivity index (χ3n) is 2.55. The van der Waals surface area contributed by atoms with Crippen LogP contribution in [0.4, 0.5) is 0 Å². The van der Waals surface area contributed by atoms with Gasteiger partial charge in [-0.3, -0.25) is 4.79 Å². The molecule has 5 nitrogen and oxygen atoms in total. The molecule has 0 aliphatic carbocycles. The maximum absolute atomic E-state index is 12.3. The zero-order valence-electron chi connectivity index (χ0n) is 11.6. The summed E-state index contributed by atoms with van der Waals surface area (Å²) in [6.07, 6.45) is -0.538. The van der Waals surface area contributed by atoms with Crippen molar-refractivity contribution in [3.05, 3.63) is 34.3 Å². The summed E-state index contributed by atoms with van der Waals surface area (Å²) in [6, 6.07) is 6.61. The third-order valence-corrected chi connectivity index (χ3v) is 3.08. The molecule has 0 heterocycles. The maximum Gasteiger partial charge on any atom is 0.331 e. The van der Waals surface area contributed by atoms with Gasteiger partial charge in [0.05, 0.1) is 6.42 Å². The second-order valence-electron chi connectivity index (χ2n) is 5.55. The minimum Gasteiger partial charge on any atom is -0.481 e. The summed E-state index contributed by atoms with van der Waals surface area (Å²) in [5.74, 6) is -1.92. The van der Waals surface area contributed by atoms with Crippen molar-refractivity contribution in [2.24, 2.45) is 5.73 Å². The lowest BCUT2D eigenvalue weighted by molar-refractivity contribution is -0.165. The molecule has 0 radical (unpaired) electrons. The van der Waals surface area contributed by atoms with E-state index < -0.39 is 29.5 Å². The van der Waals surface area contributed by atoms with Crippen molar-refractivity contribution in [3.8, 4) is 0 Å². The minimum atomic E-state index is -1.71. The molecule has 6 heteroatoms. The number of aliphatic carboxylic acids is 1. The first-order chi connectivity index (χ1) is 9.04. The van der Waals surface area contributed by atoms with Crippen LogP contribution in [0, 0.1) is 0 Å². The Morgan fingerprint density at radius 1 is 1.25 bits per heavy atom. The van der Waals surface area contributed by atoms with E-state index in [1.54, 1.807) is 45.0 Å². The lowest BCUT2D eigenvalue weighted by Crippen LogP contribution is -2.49. The smallest absolute Gasteiger partial charge is 0.331 e. The summed E-state index contributed by atoms with van der Waals surface area (Å²) in [5.41, 5.74) is 4.00. The number of ether oxygens (including phenoxy) is 1. The van der Waals surface area contributed by atoms with Crippen molar-refractivity contribution >= 4 is 27.9 Å². The number of rotatable bonds is 4. The van der Waals surface area contributed by atoms with Gasteiger partial charge in [-0.1, -0.05) is 28.1 Å². The number of carboxylic acids is 1. The Balaban J connectivity index is 3.18. The Kier molecular flexibility index (Phi) is 4.94. The molecule has 0 amide bonds. The first-order valence-corrected chi connectivity index (χ1v) is 6.84. The van der Waals surface area contributed by atoms with Gasteiger partial charge in [0.25, 0.3) is 0 Å². The fourth-order valence-corrected chi connectivity index (χ4v) is 1.91. The lowest BCUT2D eigenvalue weighted by atomic mass is 9.87. The maximum atomic E-state index is 12.3. The Morgan fingerprint density at radius 3 is 2.15 bits per heavy atom. The summed E-state index contributed by atoms with van der Waals surface area (Å²) >= 11 is 3.28. The van der Waals surface area contributed by atoms with Gasteiger partial charge in [-0.15, -0.1) is 0 Å². The van der Waals surface area contributed by atoms with Crippen LogP contribution in [0.25, 0.3) is 0 Å². The number of hydrogen-bond acceptors (Lipinski definition) is 4. The molecule has 0 aliphatic rings. The number of carboxylic acid groups (broad SMARTS) is 1. The van der Waals surface area contributed by atoms with Crippen LogP contribution in [0.3, 0.4) is 0 Å². The normalized spacial score (nSPS) is 14.4. The van der Waals surface area contributed by atoms with E-state index in [-0.39, 0.29) is 0 Å². The van der Waals surface area contributed by atoms with Crippen LogP contribution in [0.5, 0.6) is 0 Å². The molecule has 0 saturated carbocycles. The van der Waals surface area contributed by atoms with Gasteiger partial charge in [0.15, 0.2) is 5.54 Å². The molecule has 0 fully saturated rings. The van der Waals surface area contributed by atoms with Gasteiger partial charge >= 0.3 is 11.9 Å². The molecule has 0 aliphatic heterocycles. The first-order valence-electron chi connectivity index (χ1n) is 6.05. The van der Waals surface area contributed by atoms with E-state index in [9.17, 15) is 9.59 Å². The molecular weight excluding hydrogens is 326 g/mol. The molecule has 1 aromatic rings. The monoisotopic (exact) mass is 343 g/mol. The van der Waals surface area contributed by atoms with Gasteiger partial charge in [0.2, 0.25) is 0 Å². The van der Waals surface area contributed by atoms with Gasteiger partial charge in [-0.25, -0.2) is 4.79 Å². The van der Waals surface area contributed by atoms with Crippen molar-refractivity contribution in [1.29, 1.82) is 0 Å². The first kappa shape index (κ1) is 16.7. The van der Waals surface area contributed by atoms with E-state index >= 15 is 0 Å². The van der Waals surface area contributed by atoms with Crippen molar-refractivity contribution in [1.82, 2.24) is 0 Å². The molecule has 0 spiro atoms. The standard InChI is InChI=1S/C14H18BrNO4/c1-13(2,3)20-12(19)14(16,8-11(17)18)9-4-6-10(15)7-5-9/h4-7H,8,16H2,1-3H3,(H,17,18). The van der Waals surface area contributed by atoms with Crippen molar-refractivity contribution in [2.45, 2.75) is 38.3 Å². The average molecular weight is 344 g/mol. The molecule has 20 heavy (non-hydrogen) atoms. The van der Waals surface area contributed by atoms with Crippen LogP contribution in [0.2, 0.25) is 0 Å². The summed E-state index contributed by atoms with van der Waals surface area (Å²) in [4.78, 5) is 23.3. The predicted molar refractivity (Wildman–Crippen MR) is 78.1 cm³/mol. The van der Waals surface area contributed by atoms with E-state index in [2.05, 4.69) is 15.9 Å². The van der Waals surface area contributed by atoms with Crippen molar-refractivity contribution < 1.29 is 19.4 Å². The Hall–Kier alpha value is -1.40. The third kappa shape index (κ3) is 4.31. The van der Waals surface area contributed by atoms with Gasteiger partial charge in [0, 0.05) is 4.47 Å². The van der Waals surface area contributed by atoms with Crippen LogP contribution in [-0.4, -0.2) is 22.6 Å². The van der Waals surface area contributed by atoms with E-state index in [4.69, 9.17) is 15.6 Å². The van der Waals surface area contributed by atoms with Gasteiger partial charge in [0.1, 0.15) is 5.60 Å². The summed E-state index contributed by atoms with van der Waals surface area (Å²) < 4.78 is 6.06. The molecule has 1 unspecified atom stereocenters. The number of esters is 1. The van der Waals surface area contributed by atoms with E-state index in [1.165, 1.54) is 0 Å². The van der Waals surface area contributed by atoms with Crippen LogP contribution in [0.15, 0.2) is 28.7 Å². The number of nitrogens with two attached hydrogens (primary N) is 1. The highest BCUT2D eigenvalue weighted by Gasteiger charge is 2.41. The Labute approximate surface area is 126 Å². The van der Waals surface area contributed by atoms with Gasteiger partial charge in [-0.05, 0) is 38.5 Å². The fourth-order valence-electron chi connectivity index (χ4n) is 1.65. The molecule has 0 aromatic heterocycles. The molecule has 1 rings (SSSR count). The topological polar surface area (TPSA) is 89.6 Å². The SMILES string of the molecule is CC(C)(C)OC(=O)C(N)(CC(=O)O)c1ccc(Br)cc1. The zero-order chi connectivity index (χ0) is 15.6. The summed E-state index contributed by atoms with van der Waals surface area (Å²) in [7, 11) is 0. The van der Waals surface area contributed by atoms with E-state index in [1.807, 2.05) is 0 Å². The van der Waals surface area contributed by atoms with Gasteiger partial charge in [-0.2, -0.15) is 0 Å². The fraction of sp³-hybridized carbons (Fsp3) is 0.429. The number of hydrogen-bond donors (Lipinski definition) is 2. The lowest BCUT2D eigenvalue weighted by Gasteiger charge is -2.30. The second-order valence-corrected chi connectivity index (χ2v) is 6.47. The molecule has 1 aromatic carbocycles. The molecule has 0 saturated heterocycles. The highest BCUT2D eigenvalue weighted by Crippen LogP contribution is 2.27. The van der Waals surface area contributed by atoms with E-state index in [0.717, 1.165) is 4.47 Å². The highest BCUT2D eigenvalue weighted by molar-refractivity contribution is 9.10. The van der Waals surface area contributed by atoms with Crippen molar-refractivity contribution in [3.63, 3.8) is 0 Å². The quantitative estimate of drug-likeness (QED) is 0.819. The highest BCUT2D eigenvalue weighted by atomic mass is 79.9. The molecule has 1 atom stereocenters. The summed E-state index contributed by atoms with van der Waals surface area (Å²) in [5, 5.41) is 9.02. The predicted octanol–water partition coefficient (Wildman–Crippen LogP) is 2.42. The molecular formula is C14H18BrNO4. The van der Waals surface area contributed by atoms with Crippen LogP contribution >= 0.6 is 15.9 Å².